The van der Waals surface area contributed by atoms with Crippen molar-refractivity contribution in [2.24, 2.45) is 5.92 Å². The van der Waals surface area contributed by atoms with Gasteiger partial charge in [-0.1, -0.05) is 19.1 Å². The lowest BCUT2D eigenvalue weighted by atomic mass is 10.2. The van der Waals surface area contributed by atoms with Crippen LogP contribution in [0.5, 0.6) is 0 Å². The number of aromatic amines is 1. The first-order chi connectivity index (χ1) is 11.8. The van der Waals surface area contributed by atoms with E-state index in [1.54, 1.807) is 13.8 Å². The van der Waals surface area contributed by atoms with Crippen molar-refractivity contribution < 1.29 is 19.4 Å². The zero-order chi connectivity index (χ0) is 18.3. The van der Waals surface area contributed by atoms with Crippen LogP contribution in [0.15, 0.2) is 4.79 Å². The Balaban J connectivity index is 2.01. The monoisotopic (exact) mass is 372 g/mol. The number of thioether (sulfide) groups is 1. The molecule has 0 aromatic carbocycles. The quantitative estimate of drug-likeness (QED) is 0.557. The summed E-state index contributed by atoms with van der Waals surface area (Å²) in [5.41, 5.74) is -0.716. The van der Waals surface area contributed by atoms with Crippen molar-refractivity contribution in [2.75, 3.05) is 11.9 Å². The number of amides is 1. The summed E-state index contributed by atoms with van der Waals surface area (Å²) in [4.78, 5) is 30.4. The fourth-order valence-corrected chi connectivity index (χ4v) is 3.71. The predicted molar refractivity (Wildman–Crippen MR) is 87.8 cm³/mol. The van der Waals surface area contributed by atoms with Gasteiger partial charge in [0.05, 0.1) is 11.9 Å². The summed E-state index contributed by atoms with van der Waals surface area (Å²) in [5, 5.41) is 27.5. The number of nitrogens with zero attached hydrogens (tertiary/aromatic N) is 4. The molecule has 0 spiro atoms. The van der Waals surface area contributed by atoms with Gasteiger partial charge in [-0.2, -0.15) is 4.98 Å². The molecule has 1 saturated heterocycles. The number of aromatic nitrogens is 5. The number of hydrogen-bond donors (Lipinski definition) is 4. The fraction of sp³-hybridized carbons (Fsp3) is 0.615. The van der Waals surface area contributed by atoms with Gasteiger partial charge in [0.2, 0.25) is 11.9 Å². The molecule has 12 heteroatoms. The van der Waals surface area contributed by atoms with Gasteiger partial charge in [0, 0.05) is 5.92 Å². The smallest absolute Gasteiger partial charge is 0.282 e. The maximum atomic E-state index is 14.0. The summed E-state index contributed by atoms with van der Waals surface area (Å²) < 4.78 is 15.1. The molecule has 0 bridgehead atoms. The van der Waals surface area contributed by atoms with Crippen LogP contribution in [0.1, 0.15) is 19.2 Å². The standard InChI is InChI=1S/C13H17FN6O4S/c1-4(2)10(23)16-13-15-9-7(11(24)17-13)18-19-20(9)12-8(22)6(14)5(3-21)25-12/h4-6,8,12,21-22H,3H2,1-2H3,(H2,15,16,17,23,24)/t5-,6-,8-,12-/m1/s1. The van der Waals surface area contributed by atoms with E-state index in [2.05, 4.69) is 25.6 Å². The first-order valence-corrected chi connectivity index (χ1v) is 8.52. The SMILES string of the molecule is CC(C)C(=O)Nc1nc2c(nnn2[C@@H]2S[C@H](CO)[C@@H](F)[C@H]2O)c(=O)[nH]1. The van der Waals surface area contributed by atoms with E-state index in [0.29, 0.717) is 0 Å². The number of anilines is 1. The van der Waals surface area contributed by atoms with Crippen LogP contribution in [0.2, 0.25) is 0 Å². The molecule has 136 valence electrons. The number of fused-ring (bicyclic) bond motifs is 1. The van der Waals surface area contributed by atoms with Crippen molar-refractivity contribution in [1.29, 1.82) is 0 Å². The lowest BCUT2D eigenvalue weighted by molar-refractivity contribution is -0.118. The van der Waals surface area contributed by atoms with Crippen LogP contribution in [-0.2, 0) is 4.79 Å². The molecule has 0 radical (unpaired) electrons. The fourth-order valence-electron chi connectivity index (χ4n) is 2.39. The summed E-state index contributed by atoms with van der Waals surface area (Å²) in [6.45, 7) is 2.91. The summed E-state index contributed by atoms with van der Waals surface area (Å²) in [7, 11) is 0. The normalized spacial score (nSPS) is 26.5. The Morgan fingerprint density at radius 3 is 2.84 bits per heavy atom. The number of hydrogen-bond acceptors (Lipinski definition) is 8. The number of alkyl halides is 1. The van der Waals surface area contributed by atoms with E-state index >= 15 is 0 Å². The number of carbonyl (C=O) groups is 1. The van der Waals surface area contributed by atoms with E-state index in [1.807, 2.05) is 0 Å². The van der Waals surface area contributed by atoms with Crippen LogP contribution >= 0.6 is 11.8 Å². The Morgan fingerprint density at radius 1 is 1.52 bits per heavy atom. The molecule has 4 N–H and O–H groups in total. The second-order valence-electron chi connectivity index (χ2n) is 5.95. The minimum absolute atomic E-state index is 0.00476. The zero-order valence-electron chi connectivity index (χ0n) is 13.4. The summed E-state index contributed by atoms with van der Waals surface area (Å²) >= 11 is 0.976. The number of halogens is 1. The Bertz CT molecular complexity index is 855. The van der Waals surface area contributed by atoms with Gasteiger partial charge in [0.25, 0.3) is 5.56 Å². The van der Waals surface area contributed by atoms with Crippen LogP contribution < -0.4 is 10.9 Å². The van der Waals surface area contributed by atoms with Crippen molar-refractivity contribution in [3.8, 4) is 0 Å². The third-order valence-corrected chi connectivity index (χ3v) is 5.33. The highest BCUT2D eigenvalue weighted by molar-refractivity contribution is 8.00. The van der Waals surface area contributed by atoms with Crippen LogP contribution in [0.25, 0.3) is 11.2 Å². The first kappa shape index (κ1) is 17.8. The minimum Gasteiger partial charge on any atom is -0.395 e. The molecule has 1 aliphatic rings. The molecule has 3 heterocycles. The lowest BCUT2D eigenvalue weighted by Crippen LogP contribution is -2.29. The van der Waals surface area contributed by atoms with E-state index in [9.17, 15) is 24.2 Å². The number of rotatable bonds is 4. The summed E-state index contributed by atoms with van der Waals surface area (Å²) in [6, 6.07) is 0. The van der Waals surface area contributed by atoms with Gasteiger partial charge in [0.15, 0.2) is 11.2 Å². The predicted octanol–water partition coefficient (Wildman–Crippen LogP) is -0.586. The van der Waals surface area contributed by atoms with Gasteiger partial charge in [-0.25, -0.2) is 9.07 Å². The molecule has 1 fully saturated rings. The molecule has 0 aliphatic carbocycles. The Morgan fingerprint density at radius 2 is 2.24 bits per heavy atom. The van der Waals surface area contributed by atoms with Crippen molar-refractivity contribution in [1.82, 2.24) is 25.0 Å². The van der Waals surface area contributed by atoms with Gasteiger partial charge in [-0.3, -0.25) is 19.9 Å². The Kier molecular flexibility index (Phi) is 4.75. The van der Waals surface area contributed by atoms with Gasteiger partial charge < -0.3 is 10.2 Å². The third-order valence-electron chi connectivity index (χ3n) is 3.81. The van der Waals surface area contributed by atoms with Crippen molar-refractivity contribution >= 4 is 34.8 Å². The van der Waals surface area contributed by atoms with Crippen LogP contribution in [0.4, 0.5) is 10.3 Å². The van der Waals surface area contributed by atoms with Crippen LogP contribution in [0.3, 0.4) is 0 Å². The number of nitrogens with one attached hydrogen (secondary N) is 2. The molecule has 10 nitrogen and oxygen atoms in total. The average molecular weight is 372 g/mol. The highest BCUT2D eigenvalue weighted by Crippen LogP contribution is 2.43. The topological polar surface area (TPSA) is 146 Å². The number of aliphatic hydroxyl groups excluding tert-OH is 2. The van der Waals surface area contributed by atoms with E-state index in [-0.39, 0.29) is 28.9 Å². The highest BCUT2D eigenvalue weighted by Gasteiger charge is 2.45. The number of carbonyl (C=O) groups excluding carboxylic acids is 1. The van der Waals surface area contributed by atoms with Gasteiger partial charge in [-0.15, -0.1) is 16.9 Å². The molecule has 0 unspecified atom stereocenters. The summed E-state index contributed by atoms with van der Waals surface area (Å²) in [6.07, 6.45) is -3.09. The maximum absolute atomic E-state index is 14.0. The van der Waals surface area contributed by atoms with Crippen LogP contribution in [0, 0.1) is 5.92 Å². The van der Waals surface area contributed by atoms with Crippen molar-refractivity contribution in [3.63, 3.8) is 0 Å². The molecule has 1 amide bonds. The molecule has 1 aliphatic heterocycles. The largest absolute Gasteiger partial charge is 0.395 e. The minimum atomic E-state index is -1.65. The Labute approximate surface area is 144 Å². The molecule has 2 aromatic rings. The second-order valence-corrected chi connectivity index (χ2v) is 7.31. The van der Waals surface area contributed by atoms with E-state index < -0.39 is 35.1 Å². The van der Waals surface area contributed by atoms with Crippen molar-refractivity contribution in [3.05, 3.63) is 10.4 Å². The molecule has 3 rings (SSSR count). The molecule has 0 saturated carbocycles. The van der Waals surface area contributed by atoms with Crippen molar-refractivity contribution in [2.45, 2.75) is 36.7 Å². The number of H-pyrrole nitrogens is 1. The Hall–Kier alpha value is -2.05. The van der Waals surface area contributed by atoms with E-state index in [1.165, 1.54) is 0 Å². The lowest BCUT2D eigenvalue weighted by Gasteiger charge is -2.14. The highest BCUT2D eigenvalue weighted by atomic mass is 32.2. The molecular formula is C13H17FN6O4S. The molecule has 2 aromatic heterocycles. The number of aliphatic hydroxyl groups is 2. The molecule has 25 heavy (non-hydrogen) atoms. The average Bonchev–Trinajstić information content (AvgIpc) is 3.10. The van der Waals surface area contributed by atoms with Gasteiger partial charge >= 0.3 is 0 Å². The van der Waals surface area contributed by atoms with Gasteiger partial charge in [-0.05, 0) is 0 Å². The third kappa shape index (κ3) is 3.12. The van der Waals surface area contributed by atoms with Gasteiger partial charge in [0.1, 0.15) is 17.6 Å². The zero-order valence-corrected chi connectivity index (χ0v) is 14.2. The summed E-state index contributed by atoms with van der Waals surface area (Å²) in [5.74, 6) is -0.762. The van der Waals surface area contributed by atoms with Crippen LogP contribution in [-0.4, -0.2) is 65.2 Å². The van der Waals surface area contributed by atoms with E-state index in [4.69, 9.17) is 0 Å². The van der Waals surface area contributed by atoms with E-state index in [0.717, 1.165) is 16.4 Å². The second kappa shape index (κ2) is 6.69. The first-order valence-electron chi connectivity index (χ1n) is 7.58. The molecule has 4 atom stereocenters. The maximum Gasteiger partial charge on any atom is 0.282 e. The molecular weight excluding hydrogens is 355 g/mol.